The van der Waals surface area contributed by atoms with Gasteiger partial charge in [0.15, 0.2) is 0 Å². The molecular weight excluding hydrogens is 329 g/mol. The smallest absolute Gasteiger partial charge is 0.233 e. The number of anilines is 3. The van der Waals surface area contributed by atoms with Crippen LogP contribution in [0.25, 0.3) is 0 Å². The maximum absolute atomic E-state index is 13.0. The first-order valence-corrected chi connectivity index (χ1v) is 7.73. The molecule has 24 heavy (non-hydrogen) atoms. The third-order valence-electron chi connectivity index (χ3n) is 3.35. The highest BCUT2D eigenvalue weighted by molar-refractivity contribution is 6.28. The fraction of sp³-hybridized carbons (Fsp3) is 0.118. The molecule has 0 radical (unpaired) electrons. The lowest BCUT2D eigenvalue weighted by atomic mass is 10.1. The Labute approximate surface area is 144 Å². The minimum absolute atomic E-state index is 0.00309. The molecule has 122 valence electrons. The number of hydrogen-bond acceptors (Lipinski definition) is 5. The van der Waals surface area contributed by atoms with Crippen molar-refractivity contribution in [1.29, 1.82) is 0 Å². The van der Waals surface area contributed by atoms with Crippen LogP contribution < -0.4 is 10.6 Å². The number of hydrogen-bond donors (Lipinski definition) is 2. The predicted octanol–water partition coefficient (Wildman–Crippen LogP) is 4.58. The quantitative estimate of drug-likeness (QED) is 0.710. The van der Waals surface area contributed by atoms with Gasteiger partial charge in [-0.3, -0.25) is 0 Å². The summed E-state index contributed by atoms with van der Waals surface area (Å²) in [6.45, 7) is 2.00. The molecular formula is C17H15ClFN5. The van der Waals surface area contributed by atoms with Gasteiger partial charge in [-0.05, 0) is 48.4 Å². The molecule has 0 aliphatic carbocycles. The van der Waals surface area contributed by atoms with Crippen LogP contribution in [0.15, 0.2) is 54.6 Å². The summed E-state index contributed by atoms with van der Waals surface area (Å²) in [6, 6.07) is 15.8. The highest BCUT2D eigenvalue weighted by Gasteiger charge is 2.10. The summed E-state index contributed by atoms with van der Waals surface area (Å²) in [7, 11) is 0. The monoisotopic (exact) mass is 343 g/mol. The van der Waals surface area contributed by atoms with Gasteiger partial charge in [-0.15, -0.1) is 0 Å². The van der Waals surface area contributed by atoms with Crippen molar-refractivity contribution in [2.24, 2.45) is 0 Å². The van der Waals surface area contributed by atoms with E-state index in [-0.39, 0.29) is 23.1 Å². The predicted molar refractivity (Wildman–Crippen MR) is 93.0 cm³/mol. The lowest BCUT2D eigenvalue weighted by Crippen LogP contribution is -2.11. The van der Waals surface area contributed by atoms with E-state index in [1.807, 2.05) is 37.3 Å². The SMILES string of the molecule is CC(Nc1nc(Cl)nc(Nc2ccc(F)cc2)n1)c1ccccc1. The second-order valence-electron chi connectivity index (χ2n) is 5.16. The zero-order chi connectivity index (χ0) is 16.9. The van der Waals surface area contributed by atoms with Crippen LogP contribution in [0.1, 0.15) is 18.5 Å². The molecule has 1 unspecified atom stereocenters. The van der Waals surface area contributed by atoms with E-state index in [1.54, 1.807) is 12.1 Å². The highest BCUT2D eigenvalue weighted by atomic mass is 35.5. The second kappa shape index (κ2) is 7.23. The lowest BCUT2D eigenvalue weighted by Gasteiger charge is -2.14. The van der Waals surface area contributed by atoms with E-state index in [1.165, 1.54) is 12.1 Å². The van der Waals surface area contributed by atoms with Crippen LogP contribution in [0.5, 0.6) is 0 Å². The Hall–Kier alpha value is -2.73. The Morgan fingerprint density at radius 3 is 2.29 bits per heavy atom. The van der Waals surface area contributed by atoms with E-state index >= 15 is 0 Å². The van der Waals surface area contributed by atoms with Crippen LogP contribution in [-0.4, -0.2) is 15.0 Å². The standard InChI is InChI=1S/C17H15ClFN5/c1-11(12-5-3-2-4-6-12)20-16-22-15(18)23-17(24-16)21-14-9-7-13(19)8-10-14/h2-11H,1H3,(H2,20,21,22,23,24). The van der Waals surface area contributed by atoms with Gasteiger partial charge in [0.05, 0.1) is 6.04 Å². The summed E-state index contributed by atoms with van der Waals surface area (Å²) in [5, 5.41) is 6.23. The fourth-order valence-corrected chi connectivity index (χ4v) is 2.31. The van der Waals surface area contributed by atoms with Crippen molar-refractivity contribution in [3.63, 3.8) is 0 Å². The lowest BCUT2D eigenvalue weighted by molar-refractivity contribution is 0.628. The van der Waals surface area contributed by atoms with E-state index in [4.69, 9.17) is 11.6 Å². The number of aromatic nitrogens is 3. The van der Waals surface area contributed by atoms with Gasteiger partial charge >= 0.3 is 0 Å². The zero-order valence-corrected chi connectivity index (χ0v) is 13.6. The van der Waals surface area contributed by atoms with E-state index in [0.29, 0.717) is 11.6 Å². The van der Waals surface area contributed by atoms with Crippen LogP contribution in [0.3, 0.4) is 0 Å². The van der Waals surface area contributed by atoms with E-state index in [2.05, 4.69) is 25.6 Å². The van der Waals surface area contributed by atoms with E-state index in [9.17, 15) is 4.39 Å². The molecule has 0 spiro atoms. The minimum Gasteiger partial charge on any atom is -0.348 e. The minimum atomic E-state index is -0.312. The molecule has 7 heteroatoms. The summed E-state index contributed by atoms with van der Waals surface area (Å²) >= 11 is 5.97. The molecule has 2 aromatic carbocycles. The van der Waals surface area contributed by atoms with Crippen molar-refractivity contribution < 1.29 is 4.39 Å². The van der Waals surface area contributed by atoms with Crippen molar-refractivity contribution in [1.82, 2.24) is 15.0 Å². The molecule has 5 nitrogen and oxygen atoms in total. The van der Waals surface area contributed by atoms with Crippen LogP contribution in [0.4, 0.5) is 22.0 Å². The fourth-order valence-electron chi connectivity index (χ4n) is 2.15. The van der Waals surface area contributed by atoms with Crippen molar-refractivity contribution in [2.75, 3.05) is 10.6 Å². The molecule has 0 saturated heterocycles. The molecule has 0 amide bonds. The van der Waals surface area contributed by atoms with Gasteiger partial charge < -0.3 is 10.6 Å². The van der Waals surface area contributed by atoms with Gasteiger partial charge in [0.25, 0.3) is 0 Å². The molecule has 0 saturated carbocycles. The summed E-state index contributed by atoms with van der Waals surface area (Å²) in [5.41, 5.74) is 1.75. The Morgan fingerprint density at radius 1 is 0.917 bits per heavy atom. The van der Waals surface area contributed by atoms with Gasteiger partial charge in [-0.2, -0.15) is 15.0 Å². The topological polar surface area (TPSA) is 62.7 Å². The second-order valence-corrected chi connectivity index (χ2v) is 5.50. The maximum atomic E-state index is 13.0. The van der Waals surface area contributed by atoms with Gasteiger partial charge in [0.2, 0.25) is 17.2 Å². The molecule has 0 bridgehead atoms. The van der Waals surface area contributed by atoms with Crippen molar-refractivity contribution in [3.8, 4) is 0 Å². The number of rotatable bonds is 5. The van der Waals surface area contributed by atoms with Crippen LogP contribution in [0, 0.1) is 5.82 Å². The first-order chi connectivity index (χ1) is 11.6. The van der Waals surface area contributed by atoms with Crippen molar-refractivity contribution in [2.45, 2.75) is 13.0 Å². The van der Waals surface area contributed by atoms with Crippen molar-refractivity contribution >= 4 is 29.2 Å². The summed E-state index contributed by atoms with van der Waals surface area (Å²) in [6.07, 6.45) is 0. The Morgan fingerprint density at radius 2 is 1.58 bits per heavy atom. The van der Waals surface area contributed by atoms with E-state index in [0.717, 1.165) is 5.56 Å². The van der Waals surface area contributed by atoms with E-state index < -0.39 is 0 Å². The first-order valence-electron chi connectivity index (χ1n) is 7.36. The van der Waals surface area contributed by atoms with Crippen LogP contribution in [0.2, 0.25) is 5.28 Å². The number of benzene rings is 2. The van der Waals surface area contributed by atoms with Crippen molar-refractivity contribution in [3.05, 3.63) is 71.3 Å². The molecule has 0 aliphatic heterocycles. The molecule has 3 aromatic rings. The molecule has 1 atom stereocenters. The van der Waals surface area contributed by atoms with Gasteiger partial charge in [0.1, 0.15) is 5.82 Å². The first kappa shape index (κ1) is 16.1. The normalized spacial score (nSPS) is 11.8. The Balaban J connectivity index is 1.77. The number of nitrogens with one attached hydrogen (secondary N) is 2. The summed E-state index contributed by atoms with van der Waals surface area (Å²) in [5.74, 6) is 0.327. The van der Waals surface area contributed by atoms with Gasteiger partial charge in [-0.25, -0.2) is 4.39 Å². The molecule has 1 aromatic heterocycles. The molecule has 3 rings (SSSR count). The number of nitrogens with zero attached hydrogens (tertiary/aromatic N) is 3. The highest BCUT2D eigenvalue weighted by Crippen LogP contribution is 2.20. The Kier molecular flexibility index (Phi) is 4.86. The number of halogens is 2. The molecule has 2 N–H and O–H groups in total. The molecule has 0 aliphatic rings. The van der Waals surface area contributed by atoms with Crippen LogP contribution in [-0.2, 0) is 0 Å². The zero-order valence-electron chi connectivity index (χ0n) is 12.9. The largest absolute Gasteiger partial charge is 0.348 e. The molecule has 1 heterocycles. The van der Waals surface area contributed by atoms with Crippen LogP contribution >= 0.6 is 11.6 Å². The molecule has 0 fully saturated rings. The summed E-state index contributed by atoms with van der Waals surface area (Å²) < 4.78 is 13.0. The maximum Gasteiger partial charge on any atom is 0.233 e. The Bertz CT molecular complexity index is 811. The average molecular weight is 344 g/mol. The van der Waals surface area contributed by atoms with Gasteiger partial charge in [-0.1, -0.05) is 30.3 Å². The summed E-state index contributed by atoms with van der Waals surface area (Å²) in [4.78, 5) is 12.4. The third-order valence-corrected chi connectivity index (χ3v) is 3.52. The average Bonchev–Trinajstić information content (AvgIpc) is 2.57. The van der Waals surface area contributed by atoms with Gasteiger partial charge in [0, 0.05) is 5.69 Å². The third kappa shape index (κ3) is 4.17.